The second kappa shape index (κ2) is 9.74. The molecule has 0 aliphatic heterocycles. The number of nitro benzene ring substituents is 1. The van der Waals surface area contributed by atoms with Crippen molar-refractivity contribution in [2.45, 2.75) is 23.5 Å². The number of esters is 1. The van der Waals surface area contributed by atoms with Crippen LogP contribution in [0.5, 0.6) is 0 Å². The third kappa shape index (κ3) is 6.46. The number of thiophene rings is 1. The van der Waals surface area contributed by atoms with E-state index in [4.69, 9.17) is 0 Å². The lowest BCUT2D eigenvalue weighted by Gasteiger charge is -2.16. The van der Waals surface area contributed by atoms with E-state index in [2.05, 4.69) is 10.1 Å². The number of nitrogens with one attached hydrogen (secondary N) is 1. The summed E-state index contributed by atoms with van der Waals surface area (Å²) in [4.78, 5) is 34.7. The number of nitrogens with zero attached hydrogens (tertiary/aromatic N) is 1. The monoisotopic (exact) mass is 448 g/mol. The van der Waals surface area contributed by atoms with Crippen molar-refractivity contribution in [2.24, 2.45) is 0 Å². The minimum Gasteiger partial charge on any atom is -0.469 e. The molecule has 0 saturated heterocycles. The third-order valence-corrected chi connectivity index (χ3v) is 5.71. The zero-order valence-corrected chi connectivity index (χ0v) is 16.5. The molecule has 1 aromatic heterocycles. The number of carbonyl (C=O) groups is 2. The van der Waals surface area contributed by atoms with Gasteiger partial charge < -0.3 is 10.1 Å². The average Bonchev–Trinajstić information content (AvgIpc) is 3.19. The molecule has 0 saturated carbocycles. The van der Waals surface area contributed by atoms with Gasteiger partial charge in [-0.05, 0) is 23.6 Å². The first-order valence-electron chi connectivity index (χ1n) is 8.00. The summed E-state index contributed by atoms with van der Waals surface area (Å²) in [5, 5.41) is 15.5. The van der Waals surface area contributed by atoms with Crippen molar-refractivity contribution in [3.63, 3.8) is 0 Å². The summed E-state index contributed by atoms with van der Waals surface area (Å²) < 4.78 is 42.9. The molecular formula is C17H15F3N2O5S2. The quantitative estimate of drug-likeness (QED) is 0.281. The normalized spacial score (nSPS) is 12.3. The summed E-state index contributed by atoms with van der Waals surface area (Å²) in [6, 6.07) is 4.95. The van der Waals surface area contributed by atoms with E-state index in [0.717, 1.165) is 23.9 Å². The van der Waals surface area contributed by atoms with Crippen LogP contribution in [0.3, 0.4) is 0 Å². The minimum absolute atomic E-state index is 0.0706. The van der Waals surface area contributed by atoms with E-state index in [0.29, 0.717) is 10.9 Å². The number of methoxy groups -OCH3 is 1. The van der Waals surface area contributed by atoms with Gasteiger partial charge in [-0.15, -0.1) is 23.1 Å². The van der Waals surface area contributed by atoms with Gasteiger partial charge in [-0.25, -0.2) is 0 Å². The summed E-state index contributed by atoms with van der Waals surface area (Å²) in [6.45, 7) is 0. The molecule has 2 rings (SSSR count). The van der Waals surface area contributed by atoms with Crippen molar-refractivity contribution in [3.8, 4) is 0 Å². The fourth-order valence-corrected chi connectivity index (χ4v) is 3.89. The van der Waals surface area contributed by atoms with Crippen LogP contribution in [0.4, 0.5) is 18.9 Å². The minimum atomic E-state index is -4.72. The highest BCUT2D eigenvalue weighted by Gasteiger charge is 2.33. The van der Waals surface area contributed by atoms with Crippen LogP contribution in [0, 0.1) is 10.1 Å². The molecule has 1 amide bonds. The van der Waals surface area contributed by atoms with E-state index < -0.39 is 40.3 Å². The van der Waals surface area contributed by atoms with Crippen molar-refractivity contribution in [1.29, 1.82) is 0 Å². The lowest BCUT2D eigenvalue weighted by molar-refractivity contribution is -0.388. The van der Waals surface area contributed by atoms with Crippen molar-refractivity contribution in [1.82, 2.24) is 5.32 Å². The molecule has 12 heteroatoms. The van der Waals surface area contributed by atoms with Crippen molar-refractivity contribution in [2.75, 3.05) is 12.9 Å². The Labute approximate surface area is 171 Å². The van der Waals surface area contributed by atoms with E-state index in [-0.39, 0.29) is 17.1 Å². The van der Waals surface area contributed by atoms with Crippen LogP contribution in [0.15, 0.2) is 40.6 Å². The smallest absolute Gasteiger partial charge is 0.416 e. The molecule has 1 unspecified atom stereocenters. The maximum absolute atomic E-state index is 12.8. The molecular weight excluding hydrogens is 433 g/mol. The largest absolute Gasteiger partial charge is 0.469 e. The van der Waals surface area contributed by atoms with E-state index in [1.54, 1.807) is 17.5 Å². The number of carbonyl (C=O) groups excluding carboxylic acids is 2. The van der Waals surface area contributed by atoms with Crippen molar-refractivity contribution in [3.05, 3.63) is 56.3 Å². The molecule has 156 valence electrons. The number of hydrogen-bond acceptors (Lipinski definition) is 7. The van der Waals surface area contributed by atoms with E-state index >= 15 is 0 Å². The van der Waals surface area contributed by atoms with Gasteiger partial charge in [0.2, 0.25) is 5.91 Å². The fraction of sp³-hybridized carbons (Fsp3) is 0.294. The molecule has 0 aliphatic rings. The summed E-state index contributed by atoms with van der Waals surface area (Å²) in [7, 11) is 1.22. The van der Waals surface area contributed by atoms with E-state index in [1.807, 2.05) is 0 Å². The molecule has 1 atom stereocenters. The Bertz CT molecular complexity index is 888. The van der Waals surface area contributed by atoms with Gasteiger partial charge in [0.15, 0.2) is 0 Å². The summed E-state index contributed by atoms with van der Waals surface area (Å²) in [5.74, 6) is -1.35. The topological polar surface area (TPSA) is 98.5 Å². The van der Waals surface area contributed by atoms with E-state index in [9.17, 15) is 32.9 Å². The number of benzene rings is 1. The SMILES string of the molecule is COC(=O)CC(NC(=O)CSc1ccc(C(F)(F)F)cc1[N+](=O)[O-])c1cccs1. The maximum Gasteiger partial charge on any atom is 0.416 e. The van der Waals surface area contributed by atoms with Gasteiger partial charge in [-0.3, -0.25) is 19.7 Å². The predicted octanol–water partition coefficient (Wildman–Crippen LogP) is 4.19. The second-order valence-corrected chi connectivity index (χ2v) is 7.64. The first-order valence-corrected chi connectivity index (χ1v) is 9.86. The molecule has 0 aliphatic carbocycles. The molecule has 0 radical (unpaired) electrons. The van der Waals surface area contributed by atoms with Gasteiger partial charge in [0.05, 0.1) is 40.7 Å². The standard InChI is InChI=1S/C17H15F3N2O5S2/c1-27-16(24)8-11(13-3-2-6-28-13)21-15(23)9-29-14-5-4-10(17(18,19)20)7-12(14)22(25)26/h2-7,11H,8-9H2,1H3,(H,21,23). The van der Waals surface area contributed by atoms with Gasteiger partial charge in [0.25, 0.3) is 5.69 Å². The number of amides is 1. The van der Waals surface area contributed by atoms with Crippen LogP contribution in [-0.4, -0.2) is 29.7 Å². The number of nitro groups is 1. The number of thioether (sulfide) groups is 1. The average molecular weight is 448 g/mol. The lowest BCUT2D eigenvalue weighted by Crippen LogP contribution is -2.31. The van der Waals surface area contributed by atoms with Crippen molar-refractivity contribution >= 4 is 40.7 Å². The summed E-state index contributed by atoms with van der Waals surface area (Å²) >= 11 is 2.06. The molecule has 7 nitrogen and oxygen atoms in total. The Morgan fingerprint density at radius 3 is 2.62 bits per heavy atom. The number of hydrogen-bond donors (Lipinski definition) is 1. The lowest BCUT2D eigenvalue weighted by atomic mass is 10.1. The zero-order valence-electron chi connectivity index (χ0n) is 14.9. The zero-order chi connectivity index (χ0) is 21.6. The maximum atomic E-state index is 12.8. The van der Waals surface area contributed by atoms with Crippen LogP contribution in [0.1, 0.15) is 22.9 Å². The van der Waals surface area contributed by atoms with Gasteiger partial charge in [0.1, 0.15) is 0 Å². The third-order valence-electron chi connectivity index (χ3n) is 3.66. The summed E-state index contributed by atoms with van der Waals surface area (Å²) in [5.41, 5.74) is -1.88. The van der Waals surface area contributed by atoms with Crippen LogP contribution in [0.2, 0.25) is 0 Å². The van der Waals surface area contributed by atoms with Crippen LogP contribution in [-0.2, 0) is 20.5 Å². The predicted molar refractivity (Wildman–Crippen MR) is 101 cm³/mol. The Kier molecular flexibility index (Phi) is 7.62. The van der Waals surface area contributed by atoms with Crippen LogP contribution in [0.25, 0.3) is 0 Å². The van der Waals surface area contributed by atoms with Crippen molar-refractivity contribution < 1.29 is 32.4 Å². The van der Waals surface area contributed by atoms with E-state index in [1.165, 1.54) is 18.4 Å². The molecule has 2 aromatic rings. The number of halogens is 3. The summed E-state index contributed by atoms with van der Waals surface area (Å²) in [6.07, 6.45) is -4.82. The Morgan fingerprint density at radius 1 is 1.34 bits per heavy atom. The Balaban J connectivity index is 2.09. The number of rotatable bonds is 8. The van der Waals surface area contributed by atoms with Gasteiger partial charge in [-0.2, -0.15) is 13.2 Å². The molecule has 29 heavy (non-hydrogen) atoms. The molecule has 0 bridgehead atoms. The first kappa shape index (κ1) is 22.7. The van der Waals surface area contributed by atoms with Crippen LogP contribution >= 0.6 is 23.1 Å². The molecule has 0 fully saturated rings. The van der Waals surface area contributed by atoms with Gasteiger partial charge in [-0.1, -0.05) is 6.07 Å². The number of ether oxygens (including phenoxy) is 1. The highest BCUT2D eigenvalue weighted by molar-refractivity contribution is 8.00. The highest BCUT2D eigenvalue weighted by atomic mass is 32.2. The highest BCUT2D eigenvalue weighted by Crippen LogP contribution is 2.36. The number of alkyl halides is 3. The van der Waals surface area contributed by atoms with Gasteiger partial charge in [0, 0.05) is 10.9 Å². The fourth-order valence-electron chi connectivity index (χ4n) is 2.30. The second-order valence-electron chi connectivity index (χ2n) is 5.64. The molecule has 1 heterocycles. The van der Waals surface area contributed by atoms with Crippen LogP contribution < -0.4 is 5.32 Å². The Morgan fingerprint density at radius 2 is 2.07 bits per heavy atom. The Hall–Kier alpha value is -2.60. The first-order chi connectivity index (χ1) is 13.6. The molecule has 1 aromatic carbocycles. The molecule has 0 spiro atoms. The molecule has 1 N–H and O–H groups in total. The van der Waals surface area contributed by atoms with Gasteiger partial charge >= 0.3 is 12.1 Å².